The van der Waals surface area contributed by atoms with Crippen LogP contribution in [0.2, 0.25) is 0 Å². The first-order valence-corrected chi connectivity index (χ1v) is 13.7. The van der Waals surface area contributed by atoms with Crippen LogP contribution in [0.15, 0.2) is 87.5 Å². The van der Waals surface area contributed by atoms with Crippen molar-refractivity contribution >= 4 is 40.6 Å². The first-order valence-electron chi connectivity index (χ1n) is 11.6. The Bertz CT molecular complexity index is 1340. The van der Waals surface area contributed by atoms with Gasteiger partial charge in [-0.2, -0.15) is 0 Å². The van der Waals surface area contributed by atoms with Crippen LogP contribution in [0.4, 0.5) is 5.82 Å². The second-order valence-electron chi connectivity index (χ2n) is 8.90. The molecule has 0 unspecified atom stereocenters. The van der Waals surface area contributed by atoms with Crippen molar-refractivity contribution in [2.24, 2.45) is 0 Å². The number of dihydropyridines is 1. The molecule has 3 aromatic rings. The molecule has 5 rings (SSSR count). The number of carbonyl (C=O) groups is 2. The van der Waals surface area contributed by atoms with Gasteiger partial charge in [-0.05, 0) is 61.8 Å². The molecular weight excluding hydrogens is 474 g/mol. The van der Waals surface area contributed by atoms with Crippen LogP contribution in [0.25, 0.3) is 0 Å². The van der Waals surface area contributed by atoms with E-state index in [2.05, 4.69) is 40.7 Å². The summed E-state index contributed by atoms with van der Waals surface area (Å²) in [5.41, 5.74) is 5.21. The van der Waals surface area contributed by atoms with Gasteiger partial charge in [0.05, 0.1) is 4.21 Å². The summed E-state index contributed by atoms with van der Waals surface area (Å²) in [6, 6.07) is 17.8. The third-order valence-electron chi connectivity index (χ3n) is 6.59. The molecule has 5 nitrogen and oxygen atoms in total. The predicted molar refractivity (Wildman–Crippen MR) is 143 cm³/mol. The minimum absolute atomic E-state index is 0.101. The second kappa shape index (κ2) is 9.84. The number of Topliss-reactive ketones (excluding diaryl/α,β-unsaturated/α-hetero) is 1. The number of anilines is 1. The van der Waals surface area contributed by atoms with Crippen LogP contribution < -0.4 is 10.6 Å². The molecule has 1 aromatic carbocycles. The lowest BCUT2D eigenvalue weighted by Crippen LogP contribution is -2.37. The number of aromatic nitrogens is 1. The molecule has 2 aromatic heterocycles. The SMILES string of the molecule is CSc1sc(C)cc1[C@H]1C(C(=O)Nc2ccccn2)=C(C)NC2=C1C(=O)C[C@H](c1ccccc1)C2. The van der Waals surface area contributed by atoms with Crippen LogP contribution in [0.1, 0.15) is 47.6 Å². The molecule has 2 atom stereocenters. The summed E-state index contributed by atoms with van der Waals surface area (Å²) in [6.45, 7) is 4.00. The smallest absolute Gasteiger partial charge is 0.255 e. The van der Waals surface area contributed by atoms with Crippen molar-refractivity contribution in [2.45, 2.75) is 42.7 Å². The number of pyridine rings is 1. The van der Waals surface area contributed by atoms with Gasteiger partial charge in [0.1, 0.15) is 5.82 Å². The van der Waals surface area contributed by atoms with Gasteiger partial charge in [-0.25, -0.2) is 4.98 Å². The molecule has 7 heteroatoms. The standard InChI is InChI=1S/C28H27N3O2S2/c1-16-13-20(28(34-3)35-16)25-24(27(33)31-23-11-7-8-12-29-23)17(2)30-21-14-19(15-22(32)26(21)25)18-9-5-4-6-10-18/h4-13,19,25,30H,14-15H2,1-3H3,(H,29,31,33)/t19-,25+/m1/s1. The molecule has 35 heavy (non-hydrogen) atoms. The number of rotatable bonds is 5. The van der Waals surface area contributed by atoms with Crippen LogP contribution in [0.3, 0.4) is 0 Å². The number of amides is 1. The minimum Gasteiger partial charge on any atom is -0.362 e. The highest BCUT2D eigenvalue weighted by Gasteiger charge is 2.42. The molecule has 2 aliphatic rings. The normalized spacial score (nSPS) is 19.9. The van der Waals surface area contributed by atoms with Crippen LogP contribution in [-0.4, -0.2) is 22.9 Å². The lowest BCUT2D eigenvalue weighted by Gasteiger charge is -2.37. The Morgan fingerprint density at radius 2 is 1.89 bits per heavy atom. The molecule has 0 fully saturated rings. The summed E-state index contributed by atoms with van der Waals surface area (Å²) in [5.74, 6) is 0.0634. The highest BCUT2D eigenvalue weighted by atomic mass is 32.2. The van der Waals surface area contributed by atoms with E-state index in [1.54, 1.807) is 35.4 Å². The summed E-state index contributed by atoms with van der Waals surface area (Å²) in [5, 5.41) is 6.41. The van der Waals surface area contributed by atoms with Crippen molar-refractivity contribution in [1.82, 2.24) is 10.3 Å². The van der Waals surface area contributed by atoms with Crippen LogP contribution >= 0.6 is 23.1 Å². The first kappa shape index (κ1) is 23.6. The Kier molecular flexibility index (Phi) is 6.62. The van der Waals surface area contributed by atoms with Gasteiger partial charge < -0.3 is 10.6 Å². The number of aryl methyl sites for hydroxylation is 1. The molecule has 0 bridgehead atoms. The van der Waals surface area contributed by atoms with Gasteiger partial charge in [-0.1, -0.05) is 36.4 Å². The number of nitrogens with one attached hydrogen (secondary N) is 2. The molecule has 1 aliphatic heterocycles. The van der Waals surface area contributed by atoms with E-state index in [-0.39, 0.29) is 17.6 Å². The zero-order valence-corrected chi connectivity index (χ0v) is 21.6. The quantitative estimate of drug-likeness (QED) is 0.409. The fraction of sp³-hybridized carbons (Fsp3) is 0.250. The Morgan fingerprint density at radius 1 is 1.11 bits per heavy atom. The van der Waals surface area contributed by atoms with E-state index in [9.17, 15) is 9.59 Å². The molecule has 0 spiro atoms. The average molecular weight is 502 g/mol. The van der Waals surface area contributed by atoms with E-state index >= 15 is 0 Å². The maximum atomic E-state index is 13.8. The number of nitrogens with zero attached hydrogens (tertiary/aromatic N) is 1. The molecular formula is C28H27N3O2S2. The second-order valence-corrected chi connectivity index (χ2v) is 11.2. The Hall–Kier alpha value is -3.16. The van der Waals surface area contributed by atoms with Crippen molar-refractivity contribution in [1.29, 1.82) is 0 Å². The van der Waals surface area contributed by atoms with Gasteiger partial charge in [-0.3, -0.25) is 9.59 Å². The lowest BCUT2D eigenvalue weighted by atomic mass is 9.72. The van der Waals surface area contributed by atoms with Crippen LogP contribution in [0, 0.1) is 6.92 Å². The predicted octanol–water partition coefficient (Wildman–Crippen LogP) is 6.17. The van der Waals surface area contributed by atoms with Gasteiger partial charge in [-0.15, -0.1) is 23.1 Å². The van der Waals surface area contributed by atoms with Crippen molar-refractivity contribution in [3.05, 3.63) is 99.3 Å². The number of hydrogen-bond donors (Lipinski definition) is 2. The monoisotopic (exact) mass is 501 g/mol. The van der Waals surface area contributed by atoms with Crippen molar-refractivity contribution in [3.63, 3.8) is 0 Å². The van der Waals surface area contributed by atoms with E-state index in [0.29, 0.717) is 17.8 Å². The molecule has 0 saturated heterocycles. The average Bonchev–Trinajstić information content (AvgIpc) is 3.24. The highest BCUT2D eigenvalue weighted by molar-refractivity contribution is 8.00. The van der Waals surface area contributed by atoms with Gasteiger partial charge in [0, 0.05) is 46.0 Å². The number of ketones is 1. The molecule has 3 heterocycles. The molecule has 2 N–H and O–H groups in total. The number of thiophene rings is 1. The summed E-state index contributed by atoms with van der Waals surface area (Å²) in [6.07, 6.45) is 4.87. The zero-order chi connectivity index (χ0) is 24.5. The third kappa shape index (κ3) is 4.58. The zero-order valence-electron chi connectivity index (χ0n) is 19.9. The molecule has 1 amide bonds. The highest BCUT2D eigenvalue weighted by Crippen LogP contribution is 2.49. The van der Waals surface area contributed by atoms with E-state index in [1.165, 1.54) is 5.56 Å². The summed E-state index contributed by atoms with van der Waals surface area (Å²) in [7, 11) is 0. The van der Waals surface area contributed by atoms with Crippen LogP contribution in [0.5, 0.6) is 0 Å². The maximum absolute atomic E-state index is 13.8. The largest absolute Gasteiger partial charge is 0.362 e. The van der Waals surface area contributed by atoms with Gasteiger partial charge >= 0.3 is 0 Å². The molecule has 0 radical (unpaired) electrons. The topological polar surface area (TPSA) is 71.1 Å². The fourth-order valence-electron chi connectivity index (χ4n) is 5.11. The molecule has 178 valence electrons. The number of hydrogen-bond acceptors (Lipinski definition) is 6. The van der Waals surface area contributed by atoms with Gasteiger partial charge in [0.2, 0.25) is 0 Å². The van der Waals surface area contributed by atoms with E-state index in [4.69, 9.17) is 0 Å². The van der Waals surface area contributed by atoms with Crippen molar-refractivity contribution in [3.8, 4) is 0 Å². The van der Waals surface area contributed by atoms with E-state index < -0.39 is 5.92 Å². The van der Waals surface area contributed by atoms with Crippen LogP contribution in [-0.2, 0) is 9.59 Å². The molecule has 1 aliphatic carbocycles. The molecule has 0 saturated carbocycles. The summed E-state index contributed by atoms with van der Waals surface area (Å²) < 4.78 is 1.13. The minimum atomic E-state index is -0.411. The first-order chi connectivity index (χ1) is 17.0. The number of thioether (sulfide) groups is 1. The Morgan fingerprint density at radius 3 is 2.60 bits per heavy atom. The number of carbonyl (C=O) groups excluding carboxylic acids is 2. The lowest BCUT2D eigenvalue weighted by molar-refractivity contribution is -0.116. The summed E-state index contributed by atoms with van der Waals surface area (Å²) in [4.78, 5) is 32.8. The maximum Gasteiger partial charge on any atom is 0.255 e. The van der Waals surface area contributed by atoms with Crippen molar-refractivity contribution in [2.75, 3.05) is 11.6 Å². The van der Waals surface area contributed by atoms with Gasteiger partial charge in [0.25, 0.3) is 5.91 Å². The number of allylic oxidation sites excluding steroid dienone is 3. The Balaban J connectivity index is 1.60. The van der Waals surface area contributed by atoms with E-state index in [0.717, 1.165) is 38.0 Å². The van der Waals surface area contributed by atoms with E-state index in [1.807, 2.05) is 43.5 Å². The third-order valence-corrected chi connectivity index (χ3v) is 8.81. The summed E-state index contributed by atoms with van der Waals surface area (Å²) >= 11 is 3.37. The fourth-order valence-corrected chi connectivity index (χ4v) is 7.02. The Labute approximate surface area is 213 Å². The number of benzene rings is 1. The van der Waals surface area contributed by atoms with Crippen molar-refractivity contribution < 1.29 is 9.59 Å². The van der Waals surface area contributed by atoms with Gasteiger partial charge in [0.15, 0.2) is 5.78 Å².